The van der Waals surface area contributed by atoms with E-state index in [0.29, 0.717) is 6.54 Å². The molecule has 0 saturated carbocycles. The number of rotatable bonds is 5. The second-order valence-corrected chi connectivity index (χ2v) is 5.96. The van der Waals surface area contributed by atoms with Crippen molar-refractivity contribution in [1.82, 2.24) is 15.6 Å². The first-order chi connectivity index (χ1) is 9.28. The third kappa shape index (κ3) is 6.52. The van der Waals surface area contributed by atoms with Crippen LogP contribution in [0.5, 0.6) is 0 Å². The Labute approximate surface area is 121 Å². The molecule has 5 nitrogen and oxygen atoms in total. The van der Waals surface area contributed by atoms with Gasteiger partial charge in [0.2, 0.25) is 0 Å². The number of ether oxygens (including phenoxy) is 1. The molecule has 1 aromatic heterocycles. The summed E-state index contributed by atoms with van der Waals surface area (Å²) in [5.41, 5.74) is 0.653. The zero-order valence-electron chi connectivity index (χ0n) is 12.9. The number of alkyl carbamates (subject to hydrolysis) is 1. The van der Waals surface area contributed by atoms with Gasteiger partial charge in [0.15, 0.2) is 0 Å². The molecule has 0 spiro atoms. The second kappa shape index (κ2) is 7.24. The fraction of sp³-hybridized carbons (Fsp3) is 0.600. The van der Waals surface area contributed by atoms with Crippen LogP contribution in [-0.2, 0) is 4.74 Å². The van der Waals surface area contributed by atoms with Crippen molar-refractivity contribution in [2.24, 2.45) is 0 Å². The SMILES string of the molecule is CC(CNC(=O)OC(C)(C)C)NC(C)c1cccnc1. The Balaban J connectivity index is 2.33. The van der Waals surface area contributed by atoms with Crippen LogP contribution in [0.25, 0.3) is 0 Å². The highest BCUT2D eigenvalue weighted by atomic mass is 16.6. The summed E-state index contributed by atoms with van der Waals surface area (Å²) in [6.07, 6.45) is 3.20. The first-order valence-electron chi connectivity index (χ1n) is 6.91. The van der Waals surface area contributed by atoms with Gasteiger partial charge in [0.25, 0.3) is 0 Å². The van der Waals surface area contributed by atoms with Crippen LogP contribution in [0, 0.1) is 0 Å². The lowest BCUT2D eigenvalue weighted by Crippen LogP contribution is -2.41. The summed E-state index contributed by atoms with van der Waals surface area (Å²) in [6.45, 7) is 10.1. The van der Waals surface area contributed by atoms with Crippen molar-refractivity contribution in [3.63, 3.8) is 0 Å². The molecule has 2 atom stereocenters. The van der Waals surface area contributed by atoms with E-state index in [1.54, 1.807) is 6.20 Å². The molecule has 0 bridgehead atoms. The fourth-order valence-electron chi connectivity index (χ4n) is 1.76. The zero-order chi connectivity index (χ0) is 15.2. The summed E-state index contributed by atoms with van der Waals surface area (Å²) in [5, 5.41) is 6.16. The summed E-state index contributed by atoms with van der Waals surface area (Å²) in [7, 11) is 0. The molecule has 1 amide bonds. The van der Waals surface area contributed by atoms with Gasteiger partial charge in [-0.2, -0.15) is 0 Å². The van der Waals surface area contributed by atoms with Crippen molar-refractivity contribution < 1.29 is 9.53 Å². The smallest absolute Gasteiger partial charge is 0.407 e. The molecule has 0 aromatic carbocycles. The minimum atomic E-state index is -0.469. The molecule has 0 aliphatic heterocycles. The van der Waals surface area contributed by atoms with Crippen LogP contribution in [0.4, 0.5) is 4.79 Å². The monoisotopic (exact) mass is 279 g/mol. The number of hydrogen-bond acceptors (Lipinski definition) is 4. The van der Waals surface area contributed by atoms with Crippen molar-refractivity contribution in [3.05, 3.63) is 30.1 Å². The molecule has 5 heteroatoms. The number of carbonyl (C=O) groups is 1. The lowest BCUT2D eigenvalue weighted by Gasteiger charge is -2.23. The Hall–Kier alpha value is -1.62. The predicted molar refractivity (Wildman–Crippen MR) is 79.5 cm³/mol. The summed E-state index contributed by atoms with van der Waals surface area (Å²) in [4.78, 5) is 15.6. The van der Waals surface area contributed by atoms with Crippen LogP contribution in [-0.4, -0.2) is 29.3 Å². The molecular formula is C15H25N3O2. The number of aromatic nitrogens is 1. The van der Waals surface area contributed by atoms with Gasteiger partial charge >= 0.3 is 6.09 Å². The lowest BCUT2D eigenvalue weighted by molar-refractivity contribution is 0.0522. The van der Waals surface area contributed by atoms with Crippen molar-refractivity contribution in [2.45, 2.75) is 52.3 Å². The molecule has 2 N–H and O–H groups in total. The molecule has 0 aliphatic carbocycles. The average Bonchev–Trinajstić information content (AvgIpc) is 2.35. The molecular weight excluding hydrogens is 254 g/mol. The Morgan fingerprint density at radius 3 is 2.65 bits per heavy atom. The molecule has 0 saturated heterocycles. The molecule has 0 fully saturated rings. The van der Waals surface area contributed by atoms with Crippen molar-refractivity contribution >= 4 is 6.09 Å². The quantitative estimate of drug-likeness (QED) is 0.869. The zero-order valence-corrected chi connectivity index (χ0v) is 12.9. The van der Waals surface area contributed by atoms with Crippen LogP contribution in [0.2, 0.25) is 0 Å². The standard InChI is InChI=1S/C15H25N3O2/c1-11(9-17-14(19)20-15(3,4)5)18-12(2)13-7-6-8-16-10-13/h6-8,10-12,18H,9H2,1-5H3,(H,17,19). The maximum absolute atomic E-state index is 11.5. The van der Waals surface area contributed by atoms with Gasteiger partial charge in [0.1, 0.15) is 5.60 Å². The third-order valence-electron chi connectivity index (χ3n) is 2.67. The maximum atomic E-state index is 11.5. The first kappa shape index (κ1) is 16.4. The van der Waals surface area contributed by atoms with E-state index in [-0.39, 0.29) is 18.2 Å². The van der Waals surface area contributed by atoms with Gasteiger partial charge in [-0.1, -0.05) is 6.07 Å². The van der Waals surface area contributed by atoms with E-state index >= 15 is 0 Å². The average molecular weight is 279 g/mol. The highest BCUT2D eigenvalue weighted by molar-refractivity contribution is 5.67. The van der Waals surface area contributed by atoms with Crippen LogP contribution in [0.15, 0.2) is 24.5 Å². The van der Waals surface area contributed by atoms with Gasteiger partial charge in [-0.25, -0.2) is 4.79 Å². The van der Waals surface area contributed by atoms with E-state index in [1.807, 2.05) is 46.0 Å². The number of nitrogens with zero attached hydrogens (tertiary/aromatic N) is 1. The van der Waals surface area contributed by atoms with Crippen molar-refractivity contribution in [1.29, 1.82) is 0 Å². The van der Waals surface area contributed by atoms with Gasteiger partial charge in [-0.15, -0.1) is 0 Å². The molecule has 1 rings (SSSR count). The van der Waals surface area contributed by atoms with E-state index in [9.17, 15) is 4.79 Å². The first-order valence-corrected chi connectivity index (χ1v) is 6.91. The number of nitrogens with one attached hydrogen (secondary N) is 2. The van der Waals surface area contributed by atoms with Crippen LogP contribution < -0.4 is 10.6 Å². The lowest BCUT2D eigenvalue weighted by atomic mass is 10.1. The molecule has 0 radical (unpaired) electrons. The van der Waals surface area contributed by atoms with Crippen LogP contribution in [0.1, 0.15) is 46.2 Å². The molecule has 1 heterocycles. The molecule has 2 unspecified atom stereocenters. The summed E-state index contributed by atoms with van der Waals surface area (Å²) in [6, 6.07) is 4.26. The van der Waals surface area contributed by atoms with E-state index in [1.165, 1.54) is 0 Å². The highest BCUT2D eigenvalue weighted by Crippen LogP contribution is 2.10. The second-order valence-electron chi connectivity index (χ2n) is 5.96. The Bertz CT molecular complexity index is 415. The van der Waals surface area contributed by atoms with E-state index in [4.69, 9.17) is 4.74 Å². The van der Waals surface area contributed by atoms with E-state index in [2.05, 4.69) is 22.5 Å². The van der Waals surface area contributed by atoms with E-state index < -0.39 is 5.60 Å². The number of hydrogen-bond donors (Lipinski definition) is 2. The van der Waals surface area contributed by atoms with Gasteiger partial charge in [-0.3, -0.25) is 4.98 Å². The largest absolute Gasteiger partial charge is 0.444 e. The molecule has 0 aliphatic rings. The van der Waals surface area contributed by atoms with Crippen LogP contribution in [0.3, 0.4) is 0 Å². The topological polar surface area (TPSA) is 63.2 Å². The van der Waals surface area contributed by atoms with Crippen molar-refractivity contribution in [3.8, 4) is 0 Å². The van der Waals surface area contributed by atoms with Gasteiger partial charge in [0, 0.05) is 31.0 Å². The van der Waals surface area contributed by atoms with Gasteiger partial charge in [0.05, 0.1) is 0 Å². The minimum Gasteiger partial charge on any atom is -0.444 e. The Morgan fingerprint density at radius 2 is 2.10 bits per heavy atom. The summed E-state index contributed by atoms with van der Waals surface area (Å²) in [5.74, 6) is 0. The number of carbonyl (C=O) groups excluding carboxylic acids is 1. The van der Waals surface area contributed by atoms with Gasteiger partial charge < -0.3 is 15.4 Å². The predicted octanol–water partition coefficient (Wildman–Crippen LogP) is 2.65. The van der Waals surface area contributed by atoms with Crippen LogP contribution >= 0.6 is 0 Å². The molecule has 112 valence electrons. The highest BCUT2D eigenvalue weighted by Gasteiger charge is 2.17. The normalized spacial score (nSPS) is 14.4. The molecule has 1 aromatic rings. The molecule has 20 heavy (non-hydrogen) atoms. The maximum Gasteiger partial charge on any atom is 0.407 e. The third-order valence-corrected chi connectivity index (χ3v) is 2.67. The number of amides is 1. The summed E-state index contributed by atoms with van der Waals surface area (Å²) < 4.78 is 5.19. The van der Waals surface area contributed by atoms with E-state index in [0.717, 1.165) is 5.56 Å². The van der Waals surface area contributed by atoms with Gasteiger partial charge in [-0.05, 0) is 46.2 Å². The fourth-order valence-corrected chi connectivity index (χ4v) is 1.76. The Morgan fingerprint density at radius 1 is 1.40 bits per heavy atom. The van der Waals surface area contributed by atoms with Crippen molar-refractivity contribution in [2.75, 3.05) is 6.54 Å². The minimum absolute atomic E-state index is 0.137. The number of pyridine rings is 1. The summed E-state index contributed by atoms with van der Waals surface area (Å²) >= 11 is 0. The Kier molecular flexibility index (Phi) is 5.95.